The predicted octanol–water partition coefficient (Wildman–Crippen LogP) is 22.9. The zero-order valence-corrected chi connectivity index (χ0v) is 58.8. The van der Waals surface area contributed by atoms with E-state index < -0.39 is 46.4 Å². The fourth-order valence-electron chi connectivity index (χ4n) is 14.9. The topological polar surface area (TPSA) is 165 Å². The van der Waals surface area contributed by atoms with E-state index in [4.69, 9.17) is 4.74 Å². The van der Waals surface area contributed by atoms with Gasteiger partial charge in [-0.2, -0.15) is 0 Å². The van der Waals surface area contributed by atoms with Crippen LogP contribution in [0.2, 0.25) is 0 Å². The van der Waals surface area contributed by atoms with Gasteiger partial charge in [-0.05, 0) is 50.8 Å². The number of ether oxygens (including phenoxy) is 1. The molecule has 0 aliphatic carbocycles. The standard InChI is InChI=1S/C79H146O9/c1-6-10-14-18-22-26-30-34-38-42-46-50-54-58-64-76(84)75(69-80,74(83)72-63-62-71(82)68-73(72)70(5)81)88-79(87,67-61-57-53-49-45-41-37-33-29-25-21-17-13-9-4)78(86,66-60-56-52-48-44-40-36-32-28-24-20-16-12-8-3)77(76,85)65-59-55-51-47-43-39-35-31-27-23-19-15-11-7-2/h62-63,68,80,82,84-87H,6-61,64-67,69H2,1-5H3/t75-,76-,77-,78+,79?/m0/s1. The van der Waals surface area contributed by atoms with Crippen LogP contribution >= 0.6 is 0 Å². The Morgan fingerprint density at radius 3 is 0.830 bits per heavy atom. The molecule has 0 amide bonds. The number of aromatic hydroxyl groups is 1. The van der Waals surface area contributed by atoms with Crippen LogP contribution in [0.25, 0.3) is 0 Å². The molecule has 516 valence electrons. The maximum absolute atomic E-state index is 15.9. The number of phenolic OH excluding ortho intramolecular Hbond substituents is 1. The van der Waals surface area contributed by atoms with E-state index >= 15 is 4.79 Å². The summed E-state index contributed by atoms with van der Waals surface area (Å²) in [5.41, 5.74) is -10.6. The van der Waals surface area contributed by atoms with Gasteiger partial charge in [0.25, 0.3) is 0 Å². The average molecular weight is 1240 g/mol. The quantitative estimate of drug-likeness (QED) is 0.0275. The van der Waals surface area contributed by atoms with Gasteiger partial charge in [0.2, 0.25) is 5.78 Å². The minimum atomic E-state index is -2.69. The van der Waals surface area contributed by atoms with Crippen LogP contribution in [0, 0.1) is 0 Å². The summed E-state index contributed by atoms with van der Waals surface area (Å²) in [6.07, 6.45) is 62.5. The molecule has 9 nitrogen and oxygen atoms in total. The van der Waals surface area contributed by atoms with Crippen LogP contribution in [-0.4, -0.2) is 77.0 Å². The van der Waals surface area contributed by atoms with Gasteiger partial charge >= 0.3 is 0 Å². The lowest BCUT2D eigenvalue weighted by Crippen LogP contribution is -2.89. The van der Waals surface area contributed by atoms with E-state index in [0.717, 1.165) is 89.9 Å². The summed E-state index contributed by atoms with van der Waals surface area (Å²) in [7, 11) is 0. The van der Waals surface area contributed by atoms with Crippen LogP contribution in [0.4, 0.5) is 0 Å². The Hall–Kier alpha value is -1.88. The summed E-state index contributed by atoms with van der Waals surface area (Å²) in [6, 6.07) is 3.83. The average Bonchev–Trinajstić information content (AvgIpc) is 0.724. The van der Waals surface area contributed by atoms with Crippen molar-refractivity contribution in [3.05, 3.63) is 29.3 Å². The number of carbonyl (C=O) groups excluding carboxylic acids is 2. The van der Waals surface area contributed by atoms with Crippen molar-refractivity contribution in [3.63, 3.8) is 0 Å². The molecule has 1 saturated heterocycles. The number of hydrogen-bond donors (Lipinski definition) is 6. The van der Waals surface area contributed by atoms with Gasteiger partial charge < -0.3 is 35.4 Å². The van der Waals surface area contributed by atoms with Gasteiger partial charge in [0.15, 0.2) is 17.2 Å². The highest BCUT2D eigenvalue weighted by atomic mass is 16.7. The molecule has 1 fully saturated rings. The molecular formula is C79H146O9. The number of carbonyl (C=O) groups is 2. The SMILES string of the molecule is CCCCCCCCCCCCCCCCC1(O)O[C@@](CO)(C(=O)c2ccc(O)cc2C(C)=O)[C@@](O)(CCCCCCCCCCCCCCCC)[C@@](O)(CCCCCCCCCCCCCCCC)[C@]1(O)CCCCCCCCCCCCCCCC. The van der Waals surface area contributed by atoms with Crippen LogP contribution in [-0.2, 0) is 4.74 Å². The molecular weight excluding hydrogens is 1090 g/mol. The second-order valence-corrected chi connectivity index (χ2v) is 28.5. The van der Waals surface area contributed by atoms with Crippen molar-refractivity contribution >= 4 is 11.6 Å². The third-order valence-electron chi connectivity index (χ3n) is 20.8. The zero-order valence-electron chi connectivity index (χ0n) is 58.8. The molecule has 1 aliphatic heterocycles. The first-order valence-electron chi connectivity index (χ1n) is 38.8. The third-order valence-corrected chi connectivity index (χ3v) is 20.8. The Bertz CT molecular complexity index is 1820. The van der Waals surface area contributed by atoms with Crippen LogP contribution in [0.5, 0.6) is 5.75 Å². The molecule has 0 radical (unpaired) electrons. The number of unbranched alkanes of at least 4 members (excludes halogenated alkanes) is 52. The predicted molar refractivity (Wildman–Crippen MR) is 373 cm³/mol. The largest absolute Gasteiger partial charge is 0.508 e. The Kier molecular flexibility index (Phi) is 48.1. The fourth-order valence-corrected chi connectivity index (χ4v) is 14.9. The fraction of sp³-hybridized carbons (Fsp3) is 0.899. The Labute approximate surface area is 543 Å². The summed E-state index contributed by atoms with van der Waals surface area (Å²) in [4.78, 5) is 29.3. The van der Waals surface area contributed by atoms with Gasteiger partial charge in [-0.15, -0.1) is 0 Å². The minimum absolute atomic E-state index is 0.0656. The zero-order chi connectivity index (χ0) is 64.3. The lowest BCUT2D eigenvalue weighted by Gasteiger charge is -2.67. The molecule has 88 heavy (non-hydrogen) atoms. The van der Waals surface area contributed by atoms with Crippen molar-refractivity contribution in [2.75, 3.05) is 6.61 Å². The molecule has 9 heteroatoms. The van der Waals surface area contributed by atoms with Gasteiger partial charge in [-0.3, -0.25) is 9.59 Å². The van der Waals surface area contributed by atoms with Crippen molar-refractivity contribution < 1.29 is 45.0 Å². The molecule has 1 aliphatic rings. The number of hydrogen-bond acceptors (Lipinski definition) is 9. The Balaban J connectivity index is 2.55. The number of Topliss-reactive ketones (excluding diaryl/α,β-unsaturated/α-hetero) is 2. The molecule has 5 atom stereocenters. The van der Waals surface area contributed by atoms with E-state index in [1.54, 1.807) is 0 Å². The normalized spacial score (nSPS) is 21.2. The maximum atomic E-state index is 15.9. The van der Waals surface area contributed by atoms with Crippen LogP contribution in [0.3, 0.4) is 0 Å². The van der Waals surface area contributed by atoms with Crippen LogP contribution < -0.4 is 0 Å². The van der Waals surface area contributed by atoms with E-state index in [0.29, 0.717) is 38.5 Å². The van der Waals surface area contributed by atoms with E-state index in [-0.39, 0.29) is 42.6 Å². The lowest BCUT2D eigenvalue weighted by molar-refractivity contribution is -0.461. The highest BCUT2D eigenvalue weighted by molar-refractivity contribution is 6.12. The molecule has 1 unspecified atom stereocenters. The van der Waals surface area contributed by atoms with Gasteiger partial charge in [0, 0.05) is 17.5 Å². The number of phenols is 1. The highest BCUT2D eigenvalue weighted by Gasteiger charge is 2.81. The first-order chi connectivity index (χ1) is 42.7. The third kappa shape index (κ3) is 30.5. The van der Waals surface area contributed by atoms with Gasteiger partial charge in [0.1, 0.15) is 22.6 Å². The van der Waals surface area contributed by atoms with E-state index in [1.807, 2.05) is 0 Å². The second kappa shape index (κ2) is 51.5. The number of ketones is 2. The van der Waals surface area contributed by atoms with Crippen LogP contribution in [0.1, 0.15) is 441 Å². The summed E-state index contributed by atoms with van der Waals surface area (Å²) in [6.45, 7) is 9.22. The number of aliphatic hydroxyl groups is 5. The molecule has 0 spiro atoms. The number of benzene rings is 1. The minimum Gasteiger partial charge on any atom is -0.508 e. The van der Waals surface area contributed by atoms with E-state index in [2.05, 4.69) is 27.7 Å². The van der Waals surface area contributed by atoms with Crippen LogP contribution in [0.15, 0.2) is 18.2 Å². The smallest absolute Gasteiger partial charge is 0.201 e. The summed E-state index contributed by atoms with van der Waals surface area (Å²) >= 11 is 0. The molecule has 1 aromatic carbocycles. The molecule has 2 rings (SSSR count). The molecule has 0 saturated carbocycles. The van der Waals surface area contributed by atoms with Crippen molar-refractivity contribution in [3.8, 4) is 5.75 Å². The Morgan fingerprint density at radius 2 is 0.568 bits per heavy atom. The highest BCUT2D eigenvalue weighted by Crippen LogP contribution is 2.60. The second-order valence-electron chi connectivity index (χ2n) is 28.5. The summed E-state index contributed by atoms with van der Waals surface area (Å²) in [5.74, 6) is -4.26. The van der Waals surface area contributed by atoms with Crippen molar-refractivity contribution in [2.45, 2.75) is 448 Å². The number of aliphatic hydroxyl groups excluding tert-OH is 1. The lowest BCUT2D eigenvalue weighted by atomic mass is 9.52. The molecule has 1 heterocycles. The van der Waals surface area contributed by atoms with Gasteiger partial charge in [0.05, 0.1) is 6.61 Å². The van der Waals surface area contributed by atoms with Crippen molar-refractivity contribution in [2.24, 2.45) is 0 Å². The van der Waals surface area contributed by atoms with Crippen molar-refractivity contribution in [1.82, 2.24) is 0 Å². The molecule has 0 bridgehead atoms. The molecule has 0 aromatic heterocycles. The summed E-state index contributed by atoms with van der Waals surface area (Å²) < 4.78 is 6.92. The van der Waals surface area contributed by atoms with E-state index in [1.165, 1.54) is 256 Å². The Morgan fingerprint density at radius 1 is 0.330 bits per heavy atom. The monoisotopic (exact) mass is 1240 g/mol. The molecule has 6 N–H and O–H groups in total. The maximum Gasteiger partial charge on any atom is 0.201 e. The van der Waals surface area contributed by atoms with Gasteiger partial charge in [-0.1, -0.05) is 381 Å². The van der Waals surface area contributed by atoms with Gasteiger partial charge in [-0.25, -0.2) is 0 Å². The first kappa shape index (κ1) is 82.2. The molecule has 1 aromatic rings. The van der Waals surface area contributed by atoms with E-state index in [9.17, 15) is 35.4 Å². The first-order valence-corrected chi connectivity index (χ1v) is 38.8. The van der Waals surface area contributed by atoms with Crippen molar-refractivity contribution in [1.29, 1.82) is 0 Å². The number of rotatable bonds is 64. The summed E-state index contributed by atoms with van der Waals surface area (Å²) in [5, 5.41) is 78.7.